The Bertz CT molecular complexity index is 273. The Kier molecular flexibility index (Phi) is 1.33. The minimum atomic E-state index is 0.166. The quantitative estimate of drug-likeness (QED) is 0.659. The Balaban J connectivity index is 2.06. The molecular weight excluding hydrogens is 164 g/mol. The molecule has 0 amide bonds. The molecule has 0 aliphatic heterocycles. The van der Waals surface area contributed by atoms with Gasteiger partial charge in [0.2, 0.25) is 0 Å². The van der Waals surface area contributed by atoms with Crippen LogP contribution < -0.4 is 0 Å². The molecule has 0 aromatic heterocycles. The van der Waals surface area contributed by atoms with E-state index in [1.165, 1.54) is 12.8 Å². The lowest BCUT2D eigenvalue weighted by molar-refractivity contribution is -0.125. The van der Waals surface area contributed by atoms with Gasteiger partial charge in [0.15, 0.2) is 0 Å². The Hall–Kier alpha value is -0.370. The highest BCUT2D eigenvalue weighted by Crippen LogP contribution is 2.68. The van der Waals surface area contributed by atoms with E-state index in [0.717, 1.165) is 6.42 Å². The molecule has 0 saturated heterocycles. The molecule has 1 N–H and O–H groups in total. The average Bonchev–Trinajstić information content (AvgIpc) is 2.63. The molecule has 0 heterocycles. The number of Topliss-reactive ketones (excluding diaryl/α,β-unsaturated/α-hetero) is 1. The van der Waals surface area contributed by atoms with Crippen LogP contribution in [0.4, 0.5) is 0 Å². The monoisotopic (exact) mass is 180 g/mol. The molecule has 4 bridgehead atoms. The van der Waals surface area contributed by atoms with E-state index in [1.807, 2.05) is 0 Å². The van der Waals surface area contributed by atoms with E-state index >= 15 is 0 Å². The third kappa shape index (κ3) is 0.687. The zero-order valence-corrected chi connectivity index (χ0v) is 7.99. The first kappa shape index (κ1) is 7.98. The van der Waals surface area contributed by atoms with Crippen LogP contribution in [-0.4, -0.2) is 17.5 Å². The number of carbonyl (C=O) groups is 1. The van der Waals surface area contributed by atoms with Gasteiger partial charge in [-0.3, -0.25) is 4.79 Å². The van der Waals surface area contributed by atoms with Gasteiger partial charge in [0, 0.05) is 18.9 Å². The summed E-state index contributed by atoms with van der Waals surface area (Å²) in [6.45, 7) is 2.51. The van der Waals surface area contributed by atoms with Gasteiger partial charge in [-0.15, -0.1) is 0 Å². The summed E-state index contributed by atoms with van der Waals surface area (Å²) in [4.78, 5) is 11.7. The summed E-state index contributed by atoms with van der Waals surface area (Å²) in [5.41, 5.74) is 0.166. The van der Waals surface area contributed by atoms with Crippen molar-refractivity contribution >= 4 is 5.78 Å². The van der Waals surface area contributed by atoms with Crippen LogP contribution in [0.15, 0.2) is 0 Å². The van der Waals surface area contributed by atoms with E-state index in [4.69, 9.17) is 0 Å². The molecule has 2 unspecified atom stereocenters. The fourth-order valence-electron chi connectivity index (χ4n) is 4.55. The van der Waals surface area contributed by atoms with Crippen LogP contribution in [0.2, 0.25) is 0 Å². The van der Waals surface area contributed by atoms with Crippen molar-refractivity contribution in [3.63, 3.8) is 0 Å². The number of hydrogen-bond donors (Lipinski definition) is 1. The zero-order chi connectivity index (χ0) is 9.22. The van der Waals surface area contributed by atoms with Gasteiger partial charge >= 0.3 is 0 Å². The Morgan fingerprint density at radius 3 is 2.85 bits per heavy atom. The normalized spacial score (nSPS) is 57.8. The van der Waals surface area contributed by atoms with Crippen LogP contribution in [0.1, 0.15) is 26.2 Å². The van der Waals surface area contributed by atoms with Crippen molar-refractivity contribution in [2.24, 2.45) is 29.1 Å². The molecule has 3 aliphatic carbocycles. The van der Waals surface area contributed by atoms with Crippen molar-refractivity contribution < 1.29 is 9.90 Å². The van der Waals surface area contributed by atoms with Crippen molar-refractivity contribution in [3.05, 3.63) is 0 Å². The fraction of sp³-hybridized carbons (Fsp3) is 0.909. The first-order valence-corrected chi connectivity index (χ1v) is 5.32. The van der Waals surface area contributed by atoms with Gasteiger partial charge in [0.25, 0.3) is 0 Å². The second kappa shape index (κ2) is 2.17. The van der Waals surface area contributed by atoms with E-state index in [1.54, 1.807) is 0 Å². The summed E-state index contributed by atoms with van der Waals surface area (Å²) in [5, 5.41) is 9.35. The lowest BCUT2D eigenvalue weighted by atomic mass is 9.65. The maximum atomic E-state index is 11.7. The molecule has 2 nitrogen and oxygen atoms in total. The number of hydrogen-bond acceptors (Lipinski definition) is 2. The molecule has 3 aliphatic rings. The van der Waals surface area contributed by atoms with Crippen molar-refractivity contribution in [3.8, 4) is 0 Å². The highest BCUT2D eigenvalue weighted by atomic mass is 16.3. The molecular formula is C11H16O2. The van der Waals surface area contributed by atoms with Crippen LogP contribution in [0.25, 0.3) is 0 Å². The number of ketones is 1. The molecule has 0 aromatic rings. The fourth-order valence-corrected chi connectivity index (χ4v) is 4.55. The van der Waals surface area contributed by atoms with E-state index in [9.17, 15) is 9.90 Å². The van der Waals surface area contributed by atoms with Crippen LogP contribution in [-0.2, 0) is 4.79 Å². The molecule has 0 radical (unpaired) electrons. The van der Waals surface area contributed by atoms with E-state index in [2.05, 4.69) is 6.92 Å². The zero-order valence-electron chi connectivity index (χ0n) is 7.99. The highest BCUT2D eigenvalue weighted by Gasteiger charge is 2.67. The molecule has 2 heteroatoms. The predicted octanol–water partition coefficient (Wildman–Crippen LogP) is 1.23. The summed E-state index contributed by atoms with van der Waals surface area (Å²) < 4.78 is 0. The van der Waals surface area contributed by atoms with Gasteiger partial charge < -0.3 is 5.11 Å². The molecule has 3 saturated carbocycles. The number of aliphatic hydroxyl groups excluding tert-OH is 1. The molecule has 5 atom stereocenters. The van der Waals surface area contributed by atoms with Crippen LogP contribution in [0.3, 0.4) is 0 Å². The number of carbonyl (C=O) groups excluding carboxylic acids is 1. The van der Waals surface area contributed by atoms with E-state index < -0.39 is 0 Å². The maximum absolute atomic E-state index is 11.7. The Labute approximate surface area is 78.3 Å². The molecule has 13 heavy (non-hydrogen) atoms. The minimum Gasteiger partial charge on any atom is -0.396 e. The molecule has 3 fully saturated rings. The summed E-state index contributed by atoms with van der Waals surface area (Å²) in [6, 6.07) is 0. The summed E-state index contributed by atoms with van der Waals surface area (Å²) >= 11 is 0. The number of rotatable bonds is 1. The first-order valence-electron chi connectivity index (χ1n) is 5.32. The van der Waals surface area contributed by atoms with Crippen LogP contribution >= 0.6 is 0 Å². The van der Waals surface area contributed by atoms with Crippen molar-refractivity contribution in [2.45, 2.75) is 26.2 Å². The van der Waals surface area contributed by atoms with Crippen molar-refractivity contribution in [2.75, 3.05) is 6.61 Å². The van der Waals surface area contributed by atoms with Crippen LogP contribution in [0, 0.1) is 29.1 Å². The third-order valence-corrected chi connectivity index (χ3v) is 5.04. The SMILES string of the molecule is C[C@@]12CC(=O)C3C1CC[C@H]3[C@@H]2CO. The third-order valence-electron chi connectivity index (χ3n) is 5.04. The number of aliphatic hydroxyl groups is 1. The van der Waals surface area contributed by atoms with Gasteiger partial charge in [0.05, 0.1) is 0 Å². The largest absolute Gasteiger partial charge is 0.396 e. The molecule has 0 aromatic carbocycles. The lowest BCUT2D eigenvalue weighted by Crippen LogP contribution is -2.37. The summed E-state index contributed by atoms with van der Waals surface area (Å²) in [6.07, 6.45) is 3.15. The molecule has 72 valence electrons. The van der Waals surface area contributed by atoms with Crippen molar-refractivity contribution in [1.29, 1.82) is 0 Å². The second-order valence-electron chi connectivity index (χ2n) is 5.31. The van der Waals surface area contributed by atoms with Gasteiger partial charge in [-0.1, -0.05) is 6.92 Å². The molecule has 0 spiro atoms. The average molecular weight is 180 g/mol. The topological polar surface area (TPSA) is 37.3 Å². The van der Waals surface area contributed by atoms with E-state index in [-0.39, 0.29) is 5.41 Å². The van der Waals surface area contributed by atoms with E-state index in [0.29, 0.717) is 36.1 Å². The smallest absolute Gasteiger partial charge is 0.137 e. The highest BCUT2D eigenvalue weighted by molar-refractivity contribution is 5.86. The van der Waals surface area contributed by atoms with Crippen molar-refractivity contribution in [1.82, 2.24) is 0 Å². The summed E-state index contributed by atoms with van der Waals surface area (Å²) in [5.74, 6) is 2.39. The minimum absolute atomic E-state index is 0.166. The first-order chi connectivity index (χ1) is 6.18. The van der Waals surface area contributed by atoms with Gasteiger partial charge in [-0.2, -0.15) is 0 Å². The Morgan fingerprint density at radius 1 is 1.54 bits per heavy atom. The second-order valence-corrected chi connectivity index (χ2v) is 5.31. The van der Waals surface area contributed by atoms with Gasteiger partial charge in [-0.05, 0) is 36.0 Å². The molecule has 3 rings (SSSR count). The summed E-state index contributed by atoms with van der Waals surface area (Å²) in [7, 11) is 0. The van der Waals surface area contributed by atoms with Gasteiger partial charge in [-0.25, -0.2) is 0 Å². The van der Waals surface area contributed by atoms with Gasteiger partial charge in [0.1, 0.15) is 5.78 Å². The lowest BCUT2D eigenvalue weighted by Gasteiger charge is -2.39. The standard InChI is InChI=1S/C11H16O2/c1-11-4-9(13)10-6(8(11)5-12)2-3-7(10)11/h6-8,10,12H,2-5H2,1H3/t6-,7?,8-,10?,11+/m0/s1. The van der Waals surface area contributed by atoms with Crippen LogP contribution in [0.5, 0.6) is 0 Å². The predicted molar refractivity (Wildman–Crippen MR) is 48.0 cm³/mol. The Morgan fingerprint density at radius 2 is 2.31 bits per heavy atom. The maximum Gasteiger partial charge on any atom is 0.137 e.